The van der Waals surface area contributed by atoms with Crippen LogP contribution in [0.15, 0.2) is 0 Å². The van der Waals surface area contributed by atoms with Crippen LogP contribution in [-0.4, -0.2) is 0 Å². The number of hydrogen-bond acceptors (Lipinski definition) is 0. The van der Waals surface area contributed by atoms with Gasteiger partial charge in [0.25, 0.3) is 0 Å². The SMILES string of the molecule is CCC1CCCC(C)C1.CCCCCCC(CC1CCCCC1)C1CCCCC1. The second-order valence-corrected chi connectivity index (χ2v) is 11.3. The number of hydrogen-bond donors (Lipinski definition) is 0. The van der Waals surface area contributed by atoms with E-state index in [1.165, 1.54) is 96.3 Å². The maximum absolute atomic E-state index is 2.39. The summed E-state index contributed by atoms with van der Waals surface area (Å²) in [6.07, 6.45) is 31.7. The highest BCUT2D eigenvalue weighted by Gasteiger charge is 2.26. The Morgan fingerprint density at radius 1 is 0.655 bits per heavy atom. The number of rotatable bonds is 9. The zero-order chi connectivity index (χ0) is 20.7. The molecule has 0 spiro atoms. The first-order valence-corrected chi connectivity index (χ1v) is 14.2. The Kier molecular flexibility index (Phi) is 13.7. The Balaban J connectivity index is 0.000000278. The van der Waals surface area contributed by atoms with Crippen LogP contribution in [0.5, 0.6) is 0 Å². The normalized spacial score (nSPS) is 27.8. The average molecular weight is 405 g/mol. The van der Waals surface area contributed by atoms with Crippen LogP contribution in [0.3, 0.4) is 0 Å². The van der Waals surface area contributed by atoms with Crippen molar-refractivity contribution in [3.63, 3.8) is 0 Å². The van der Waals surface area contributed by atoms with Crippen LogP contribution >= 0.6 is 0 Å². The monoisotopic (exact) mass is 404 g/mol. The van der Waals surface area contributed by atoms with Gasteiger partial charge in [-0.25, -0.2) is 0 Å². The van der Waals surface area contributed by atoms with Crippen molar-refractivity contribution >= 4 is 0 Å². The molecule has 0 aromatic carbocycles. The van der Waals surface area contributed by atoms with Gasteiger partial charge in [0, 0.05) is 0 Å². The van der Waals surface area contributed by atoms with Gasteiger partial charge in [0.2, 0.25) is 0 Å². The molecular weight excluding hydrogens is 348 g/mol. The molecule has 0 heteroatoms. The van der Waals surface area contributed by atoms with Crippen LogP contribution in [0.1, 0.15) is 156 Å². The molecule has 3 atom stereocenters. The van der Waals surface area contributed by atoms with E-state index in [2.05, 4.69) is 20.8 Å². The molecule has 0 nitrogen and oxygen atoms in total. The molecule has 0 amide bonds. The fourth-order valence-electron chi connectivity index (χ4n) is 6.77. The first-order valence-electron chi connectivity index (χ1n) is 14.2. The lowest BCUT2D eigenvalue weighted by molar-refractivity contribution is 0.177. The van der Waals surface area contributed by atoms with Crippen molar-refractivity contribution in [1.82, 2.24) is 0 Å². The average Bonchev–Trinajstić information content (AvgIpc) is 2.77. The summed E-state index contributed by atoms with van der Waals surface area (Å²) in [5.41, 5.74) is 0. The van der Waals surface area contributed by atoms with E-state index in [-0.39, 0.29) is 0 Å². The summed E-state index contributed by atoms with van der Waals surface area (Å²) >= 11 is 0. The minimum atomic E-state index is 1.02. The van der Waals surface area contributed by atoms with Crippen LogP contribution in [0.4, 0.5) is 0 Å². The Bertz CT molecular complexity index is 360. The molecule has 172 valence electrons. The zero-order valence-electron chi connectivity index (χ0n) is 20.7. The Hall–Kier alpha value is 0. The van der Waals surface area contributed by atoms with Gasteiger partial charge in [0.15, 0.2) is 0 Å². The highest BCUT2D eigenvalue weighted by Crippen LogP contribution is 2.39. The molecule has 0 radical (unpaired) electrons. The second kappa shape index (κ2) is 15.8. The van der Waals surface area contributed by atoms with E-state index < -0.39 is 0 Å². The van der Waals surface area contributed by atoms with Gasteiger partial charge in [0.1, 0.15) is 0 Å². The van der Waals surface area contributed by atoms with Gasteiger partial charge in [-0.05, 0) is 42.4 Å². The quantitative estimate of drug-likeness (QED) is 0.335. The molecule has 0 N–H and O–H groups in total. The van der Waals surface area contributed by atoms with Gasteiger partial charge in [-0.2, -0.15) is 0 Å². The summed E-state index contributed by atoms with van der Waals surface area (Å²) in [6, 6.07) is 0. The summed E-state index contributed by atoms with van der Waals surface area (Å²) < 4.78 is 0. The first kappa shape index (κ1) is 25.3. The third-order valence-electron chi connectivity index (χ3n) is 8.73. The molecule has 3 aliphatic carbocycles. The Morgan fingerprint density at radius 2 is 1.31 bits per heavy atom. The van der Waals surface area contributed by atoms with E-state index in [1.807, 2.05) is 0 Å². The highest BCUT2D eigenvalue weighted by atomic mass is 14.3. The summed E-state index contributed by atoms with van der Waals surface area (Å²) in [4.78, 5) is 0. The molecule has 29 heavy (non-hydrogen) atoms. The van der Waals surface area contributed by atoms with E-state index in [1.54, 1.807) is 38.5 Å². The molecule has 3 rings (SSSR count). The maximum Gasteiger partial charge on any atom is -0.0383 e. The third-order valence-corrected chi connectivity index (χ3v) is 8.73. The molecule has 0 aromatic rings. The summed E-state index contributed by atoms with van der Waals surface area (Å²) in [5.74, 6) is 5.38. The largest absolute Gasteiger partial charge is 0.0654 e. The predicted octanol–water partition coefficient (Wildman–Crippen LogP) is 10.3. The van der Waals surface area contributed by atoms with Crippen molar-refractivity contribution < 1.29 is 0 Å². The molecule has 0 bridgehead atoms. The van der Waals surface area contributed by atoms with Crippen molar-refractivity contribution in [2.45, 2.75) is 156 Å². The second-order valence-electron chi connectivity index (χ2n) is 11.3. The lowest BCUT2D eigenvalue weighted by Gasteiger charge is -2.34. The molecule has 0 aromatic heterocycles. The molecule has 3 aliphatic rings. The predicted molar refractivity (Wildman–Crippen MR) is 131 cm³/mol. The lowest BCUT2D eigenvalue weighted by Crippen LogP contribution is -2.22. The summed E-state index contributed by atoms with van der Waals surface area (Å²) in [7, 11) is 0. The van der Waals surface area contributed by atoms with E-state index in [0.29, 0.717) is 0 Å². The van der Waals surface area contributed by atoms with E-state index in [9.17, 15) is 0 Å². The molecule has 3 fully saturated rings. The minimum absolute atomic E-state index is 1.02. The molecule has 0 heterocycles. The van der Waals surface area contributed by atoms with Crippen molar-refractivity contribution in [1.29, 1.82) is 0 Å². The third kappa shape index (κ3) is 10.7. The smallest absolute Gasteiger partial charge is 0.0383 e. The van der Waals surface area contributed by atoms with Crippen LogP contribution in [0, 0.1) is 29.6 Å². The fourth-order valence-corrected chi connectivity index (χ4v) is 6.77. The topological polar surface area (TPSA) is 0 Å². The van der Waals surface area contributed by atoms with Gasteiger partial charge in [-0.3, -0.25) is 0 Å². The molecule has 3 unspecified atom stereocenters. The lowest BCUT2D eigenvalue weighted by atomic mass is 9.72. The van der Waals surface area contributed by atoms with Gasteiger partial charge in [0.05, 0.1) is 0 Å². The highest BCUT2D eigenvalue weighted by molar-refractivity contribution is 4.78. The molecular formula is C29H56. The van der Waals surface area contributed by atoms with Gasteiger partial charge < -0.3 is 0 Å². The van der Waals surface area contributed by atoms with Crippen molar-refractivity contribution in [3.8, 4) is 0 Å². The van der Waals surface area contributed by atoms with Crippen molar-refractivity contribution in [3.05, 3.63) is 0 Å². The van der Waals surface area contributed by atoms with E-state index >= 15 is 0 Å². The number of unbranched alkanes of at least 4 members (excludes halogenated alkanes) is 3. The standard InChI is InChI=1S/C20H38.C9H18/c1-2-3-4-9-16-20(19-14-10-6-11-15-19)17-18-12-7-5-8-13-18;1-3-9-6-4-5-8(2)7-9/h18-20H,2-17H2,1H3;8-9H,3-7H2,1-2H3. The summed E-state index contributed by atoms with van der Waals surface area (Å²) in [6.45, 7) is 7.05. The minimum Gasteiger partial charge on any atom is -0.0654 e. The Morgan fingerprint density at radius 3 is 1.90 bits per heavy atom. The van der Waals surface area contributed by atoms with Crippen LogP contribution in [0.25, 0.3) is 0 Å². The first-order chi connectivity index (χ1) is 14.2. The van der Waals surface area contributed by atoms with Crippen molar-refractivity contribution in [2.24, 2.45) is 29.6 Å². The molecule has 3 saturated carbocycles. The molecule has 0 saturated heterocycles. The summed E-state index contributed by atoms with van der Waals surface area (Å²) in [5, 5.41) is 0. The van der Waals surface area contributed by atoms with Gasteiger partial charge in [-0.15, -0.1) is 0 Å². The van der Waals surface area contributed by atoms with Crippen LogP contribution in [-0.2, 0) is 0 Å². The van der Waals surface area contributed by atoms with Crippen LogP contribution in [0.2, 0.25) is 0 Å². The molecule has 0 aliphatic heterocycles. The maximum atomic E-state index is 2.39. The van der Waals surface area contributed by atoms with Gasteiger partial charge in [-0.1, -0.05) is 143 Å². The zero-order valence-corrected chi connectivity index (χ0v) is 20.7. The Labute approximate surface area is 185 Å². The van der Waals surface area contributed by atoms with E-state index in [4.69, 9.17) is 0 Å². The van der Waals surface area contributed by atoms with Crippen LogP contribution < -0.4 is 0 Å². The van der Waals surface area contributed by atoms with E-state index in [0.717, 1.165) is 29.6 Å². The fraction of sp³-hybridized carbons (Fsp3) is 1.00. The van der Waals surface area contributed by atoms with Gasteiger partial charge >= 0.3 is 0 Å². The van der Waals surface area contributed by atoms with Crippen molar-refractivity contribution in [2.75, 3.05) is 0 Å².